The van der Waals surface area contributed by atoms with Crippen LogP contribution in [0.5, 0.6) is 5.75 Å². The maximum atomic E-state index is 5.88. The molecule has 1 atom stereocenters. The van der Waals surface area contributed by atoms with E-state index in [1.807, 2.05) is 6.07 Å². The Morgan fingerprint density at radius 3 is 2.90 bits per heavy atom. The van der Waals surface area contributed by atoms with Crippen LogP contribution in [0.4, 0.5) is 5.13 Å². The molecule has 1 aliphatic carbocycles. The van der Waals surface area contributed by atoms with Crippen LogP contribution in [0.15, 0.2) is 21.1 Å². The van der Waals surface area contributed by atoms with Crippen molar-refractivity contribution >= 4 is 48.3 Å². The lowest BCUT2D eigenvalue weighted by Crippen LogP contribution is -2.10. The molecular formula is C14H14Br2N2OS. The summed E-state index contributed by atoms with van der Waals surface area (Å²) in [4.78, 5) is 5.76. The van der Waals surface area contributed by atoms with Crippen molar-refractivity contribution in [3.63, 3.8) is 0 Å². The molecule has 0 radical (unpaired) electrons. The Kier molecular flexibility index (Phi) is 4.06. The summed E-state index contributed by atoms with van der Waals surface area (Å²) >= 11 is 8.80. The summed E-state index contributed by atoms with van der Waals surface area (Å²) < 4.78 is 7.47. The highest BCUT2D eigenvalue weighted by Crippen LogP contribution is 2.45. The fourth-order valence-corrected chi connectivity index (χ4v) is 5.17. The lowest BCUT2D eigenvalue weighted by atomic mass is 9.86. The maximum Gasteiger partial charge on any atom is 0.180 e. The van der Waals surface area contributed by atoms with Crippen LogP contribution < -0.4 is 10.5 Å². The molecule has 3 nitrogen and oxygen atoms in total. The van der Waals surface area contributed by atoms with E-state index >= 15 is 0 Å². The summed E-state index contributed by atoms with van der Waals surface area (Å²) in [5.41, 5.74) is 8.29. The van der Waals surface area contributed by atoms with Crippen LogP contribution in [0.3, 0.4) is 0 Å². The second kappa shape index (κ2) is 5.66. The summed E-state index contributed by atoms with van der Waals surface area (Å²) in [5, 5.41) is 0.669. The molecule has 0 fully saturated rings. The van der Waals surface area contributed by atoms with Crippen LogP contribution >= 0.6 is 43.2 Å². The number of aromatic nitrogens is 1. The lowest BCUT2D eigenvalue weighted by Gasteiger charge is -2.23. The molecule has 3 rings (SSSR count). The van der Waals surface area contributed by atoms with Crippen LogP contribution in [0.1, 0.15) is 34.9 Å². The third kappa shape index (κ3) is 2.49. The monoisotopic (exact) mass is 416 g/mol. The zero-order chi connectivity index (χ0) is 14.3. The molecule has 6 heteroatoms. The van der Waals surface area contributed by atoms with Crippen LogP contribution in [0.25, 0.3) is 0 Å². The van der Waals surface area contributed by atoms with Gasteiger partial charge in [0.05, 0.1) is 17.3 Å². The number of hydrogen-bond acceptors (Lipinski definition) is 4. The second-order valence-electron chi connectivity index (χ2n) is 4.82. The van der Waals surface area contributed by atoms with Gasteiger partial charge in [0.1, 0.15) is 5.75 Å². The van der Waals surface area contributed by atoms with Crippen LogP contribution in [0.2, 0.25) is 0 Å². The third-order valence-corrected chi connectivity index (χ3v) is 5.96. The summed E-state index contributed by atoms with van der Waals surface area (Å²) in [6.45, 7) is 0. The van der Waals surface area contributed by atoms with E-state index in [9.17, 15) is 0 Å². The van der Waals surface area contributed by atoms with Crippen molar-refractivity contribution in [3.05, 3.63) is 37.2 Å². The number of benzene rings is 1. The first-order chi connectivity index (χ1) is 9.60. The number of ether oxygens (including phenoxy) is 1. The van der Waals surface area contributed by atoms with Gasteiger partial charge in [-0.1, -0.05) is 15.9 Å². The van der Waals surface area contributed by atoms with Gasteiger partial charge in [0.25, 0.3) is 0 Å². The molecule has 1 aliphatic rings. The highest BCUT2D eigenvalue weighted by atomic mass is 79.9. The topological polar surface area (TPSA) is 48.1 Å². The van der Waals surface area contributed by atoms with Gasteiger partial charge in [-0.15, -0.1) is 11.3 Å². The number of fused-ring (bicyclic) bond motifs is 1. The first-order valence-corrected chi connectivity index (χ1v) is 8.78. The summed E-state index contributed by atoms with van der Waals surface area (Å²) in [6.07, 6.45) is 3.30. The van der Waals surface area contributed by atoms with Crippen LogP contribution in [-0.4, -0.2) is 12.1 Å². The van der Waals surface area contributed by atoms with E-state index in [4.69, 9.17) is 10.5 Å². The molecule has 0 bridgehead atoms. The minimum atomic E-state index is 0.352. The largest absolute Gasteiger partial charge is 0.496 e. The Labute approximate surface area is 138 Å². The van der Waals surface area contributed by atoms with Gasteiger partial charge in [-0.05, 0) is 52.9 Å². The Morgan fingerprint density at radius 2 is 2.15 bits per heavy atom. The van der Waals surface area contributed by atoms with Gasteiger partial charge in [-0.2, -0.15) is 0 Å². The normalized spacial score (nSPS) is 17.9. The molecule has 0 saturated carbocycles. The van der Waals surface area contributed by atoms with E-state index in [1.165, 1.54) is 10.4 Å². The molecule has 20 heavy (non-hydrogen) atoms. The Morgan fingerprint density at radius 1 is 1.35 bits per heavy atom. The fourth-order valence-electron chi connectivity index (χ4n) is 2.70. The number of thiazole rings is 1. The number of nitrogens with zero attached hydrogens (tertiary/aromatic N) is 1. The highest BCUT2D eigenvalue weighted by molar-refractivity contribution is 9.11. The number of halogens is 2. The number of methoxy groups -OCH3 is 1. The summed E-state index contributed by atoms with van der Waals surface area (Å²) in [5.74, 6) is 1.21. The van der Waals surface area contributed by atoms with Crippen molar-refractivity contribution in [2.24, 2.45) is 0 Å². The smallest absolute Gasteiger partial charge is 0.180 e. The molecule has 0 amide bonds. The minimum Gasteiger partial charge on any atom is -0.496 e. The number of aryl methyl sites for hydroxylation is 1. The quantitative estimate of drug-likeness (QED) is 0.768. The van der Waals surface area contributed by atoms with Gasteiger partial charge >= 0.3 is 0 Å². The van der Waals surface area contributed by atoms with Gasteiger partial charge in [0.2, 0.25) is 0 Å². The van der Waals surface area contributed by atoms with Crippen molar-refractivity contribution in [2.45, 2.75) is 25.2 Å². The molecule has 0 saturated heterocycles. The molecule has 1 unspecified atom stereocenters. The standard InChI is InChI=1S/C14H14Br2N2OS/c1-19-12-5-8(9(15)6-10(12)16)7-3-2-4-11-13(7)20-14(17)18-11/h5-7H,2-4H2,1H3,(H2,17,18). The van der Waals surface area contributed by atoms with Crippen molar-refractivity contribution < 1.29 is 4.74 Å². The zero-order valence-corrected chi connectivity index (χ0v) is 14.9. The average Bonchev–Trinajstić information content (AvgIpc) is 2.79. The molecule has 1 aromatic carbocycles. The lowest BCUT2D eigenvalue weighted by molar-refractivity contribution is 0.411. The van der Waals surface area contributed by atoms with E-state index in [0.717, 1.165) is 39.7 Å². The number of nitrogens with two attached hydrogens (primary N) is 1. The van der Waals surface area contributed by atoms with E-state index < -0.39 is 0 Å². The molecule has 106 valence electrons. The minimum absolute atomic E-state index is 0.352. The molecule has 0 spiro atoms. The average molecular weight is 418 g/mol. The third-order valence-electron chi connectivity index (χ3n) is 3.61. The van der Waals surface area contributed by atoms with Gasteiger partial charge < -0.3 is 10.5 Å². The van der Waals surface area contributed by atoms with Crippen molar-refractivity contribution in [1.29, 1.82) is 0 Å². The molecule has 2 N–H and O–H groups in total. The second-order valence-corrected chi connectivity index (χ2v) is 7.59. The summed E-state index contributed by atoms with van der Waals surface area (Å²) in [7, 11) is 1.69. The predicted molar refractivity (Wildman–Crippen MR) is 89.7 cm³/mol. The van der Waals surface area contributed by atoms with Crippen molar-refractivity contribution in [1.82, 2.24) is 4.98 Å². The van der Waals surface area contributed by atoms with Gasteiger partial charge in [-0.3, -0.25) is 0 Å². The first kappa shape index (κ1) is 14.4. The summed E-state index contributed by atoms with van der Waals surface area (Å²) in [6, 6.07) is 4.15. The first-order valence-electron chi connectivity index (χ1n) is 6.38. The Hall–Kier alpha value is -0.590. The molecule has 2 aromatic rings. The highest BCUT2D eigenvalue weighted by Gasteiger charge is 2.27. The van der Waals surface area contributed by atoms with E-state index in [2.05, 4.69) is 42.9 Å². The molecule has 1 aromatic heterocycles. The Balaban J connectivity index is 2.10. The number of hydrogen-bond donors (Lipinski definition) is 1. The number of nitrogen functional groups attached to an aromatic ring is 1. The van der Waals surface area contributed by atoms with Gasteiger partial charge in [-0.25, -0.2) is 4.98 Å². The Bertz CT molecular complexity index is 657. The van der Waals surface area contributed by atoms with Crippen molar-refractivity contribution in [2.75, 3.05) is 12.8 Å². The van der Waals surface area contributed by atoms with E-state index in [1.54, 1.807) is 18.4 Å². The zero-order valence-electron chi connectivity index (χ0n) is 11.0. The maximum absolute atomic E-state index is 5.88. The van der Waals surface area contributed by atoms with E-state index in [-0.39, 0.29) is 0 Å². The molecular weight excluding hydrogens is 404 g/mol. The van der Waals surface area contributed by atoms with Crippen LogP contribution in [-0.2, 0) is 6.42 Å². The predicted octanol–water partition coefficient (Wildman–Crippen LogP) is 4.73. The van der Waals surface area contributed by atoms with Crippen molar-refractivity contribution in [3.8, 4) is 5.75 Å². The van der Waals surface area contributed by atoms with Gasteiger partial charge in [0.15, 0.2) is 5.13 Å². The SMILES string of the molecule is COc1cc(C2CCCc3nc(N)sc32)c(Br)cc1Br. The molecule has 0 aliphatic heterocycles. The molecule has 1 heterocycles. The van der Waals surface area contributed by atoms with Crippen LogP contribution in [0, 0.1) is 0 Å². The fraction of sp³-hybridized carbons (Fsp3) is 0.357. The number of anilines is 1. The van der Waals surface area contributed by atoms with E-state index in [0.29, 0.717) is 11.0 Å². The van der Waals surface area contributed by atoms with Gasteiger partial charge in [0, 0.05) is 15.3 Å². The number of rotatable bonds is 2.